The van der Waals surface area contributed by atoms with Crippen LogP contribution in [-0.4, -0.2) is 30.2 Å². The number of thiophene rings is 1. The van der Waals surface area contributed by atoms with Crippen LogP contribution in [0.25, 0.3) is 11.3 Å². The maximum atomic E-state index is 11.8. The summed E-state index contributed by atoms with van der Waals surface area (Å²) >= 11 is 1.27. The number of aromatic amines is 1. The molecule has 0 aliphatic carbocycles. The Bertz CT molecular complexity index is 690. The number of esters is 1. The first-order chi connectivity index (χ1) is 9.56. The zero-order valence-corrected chi connectivity index (χ0v) is 12.2. The molecule has 2 aromatic rings. The Morgan fingerprint density at radius 2 is 2.20 bits per heavy atom. The number of methoxy groups -OCH3 is 2. The number of hydrogen-bond donors (Lipinski definition) is 1. The maximum absolute atomic E-state index is 11.8. The van der Waals surface area contributed by atoms with E-state index in [2.05, 4.69) is 9.97 Å². The quantitative estimate of drug-likeness (QED) is 0.869. The topological polar surface area (TPSA) is 81.3 Å². The van der Waals surface area contributed by atoms with Crippen LogP contribution in [0.15, 0.2) is 16.2 Å². The molecule has 0 radical (unpaired) electrons. The fourth-order valence-corrected chi connectivity index (χ4v) is 2.82. The Kier molecular flexibility index (Phi) is 4.31. The lowest BCUT2D eigenvalue weighted by Crippen LogP contribution is -2.12. The van der Waals surface area contributed by atoms with E-state index in [1.165, 1.54) is 31.6 Å². The van der Waals surface area contributed by atoms with E-state index in [4.69, 9.17) is 9.47 Å². The van der Waals surface area contributed by atoms with E-state index in [1.807, 2.05) is 12.3 Å². The molecule has 1 N–H and O–H groups in total. The molecule has 0 atom stereocenters. The molecule has 6 nitrogen and oxygen atoms in total. The Labute approximate surface area is 119 Å². The Balaban J connectivity index is 2.59. The van der Waals surface area contributed by atoms with Crippen molar-refractivity contribution in [2.45, 2.75) is 13.5 Å². The van der Waals surface area contributed by atoms with Gasteiger partial charge in [-0.15, -0.1) is 11.3 Å². The smallest absolute Gasteiger partial charge is 0.348 e. The molecule has 0 saturated heterocycles. The van der Waals surface area contributed by atoms with Crippen LogP contribution in [-0.2, 0) is 16.1 Å². The summed E-state index contributed by atoms with van der Waals surface area (Å²) in [5.74, 6) is -0.0233. The average molecular weight is 294 g/mol. The van der Waals surface area contributed by atoms with Gasteiger partial charge in [-0.1, -0.05) is 0 Å². The summed E-state index contributed by atoms with van der Waals surface area (Å²) in [5.41, 5.74) is 1.66. The monoisotopic (exact) mass is 294 g/mol. The zero-order valence-electron chi connectivity index (χ0n) is 11.4. The van der Waals surface area contributed by atoms with E-state index in [0.29, 0.717) is 22.0 Å². The molecule has 0 unspecified atom stereocenters. The summed E-state index contributed by atoms with van der Waals surface area (Å²) < 4.78 is 9.72. The van der Waals surface area contributed by atoms with Gasteiger partial charge in [0.25, 0.3) is 5.56 Å². The average Bonchev–Trinajstić information content (AvgIpc) is 2.79. The molecule has 0 amide bonds. The van der Waals surface area contributed by atoms with E-state index in [1.54, 1.807) is 0 Å². The zero-order chi connectivity index (χ0) is 14.7. The second kappa shape index (κ2) is 5.98. The number of aromatic nitrogens is 2. The summed E-state index contributed by atoms with van der Waals surface area (Å²) in [4.78, 5) is 30.8. The number of ether oxygens (including phenoxy) is 2. The second-order valence-electron chi connectivity index (χ2n) is 4.12. The third-order valence-electron chi connectivity index (χ3n) is 2.67. The molecule has 0 aliphatic rings. The molecule has 2 heterocycles. The molecule has 20 heavy (non-hydrogen) atoms. The number of H-pyrrole nitrogens is 1. The van der Waals surface area contributed by atoms with Gasteiger partial charge in [-0.05, 0) is 17.9 Å². The highest BCUT2D eigenvalue weighted by Crippen LogP contribution is 2.31. The SMILES string of the molecule is COCc1nc(-c2c(C)csc2C(=O)OC)cc(=O)[nH]1. The molecular weight excluding hydrogens is 280 g/mol. The minimum Gasteiger partial charge on any atom is -0.465 e. The van der Waals surface area contributed by atoms with Crippen LogP contribution in [0.5, 0.6) is 0 Å². The minimum absolute atomic E-state index is 0.194. The van der Waals surface area contributed by atoms with Crippen molar-refractivity contribution in [1.29, 1.82) is 0 Å². The largest absolute Gasteiger partial charge is 0.465 e. The molecule has 0 aromatic carbocycles. The standard InChI is InChI=1S/C13H14N2O4S/c1-7-6-20-12(13(17)19-3)11(7)8-4-10(16)15-9(14-8)5-18-2/h4,6H,5H2,1-3H3,(H,14,15,16). The second-order valence-corrected chi connectivity index (χ2v) is 5.00. The highest BCUT2D eigenvalue weighted by atomic mass is 32.1. The van der Waals surface area contributed by atoms with Gasteiger partial charge in [0.2, 0.25) is 0 Å². The van der Waals surface area contributed by atoms with Gasteiger partial charge in [-0.2, -0.15) is 0 Å². The van der Waals surface area contributed by atoms with Crippen LogP contribution in [0.4, 0.5) is 0 Å². The van der Waals surface area contributed by atoms with Crippen molar-refractivity contribution in [1.82, 2.24) is 9.97 Å². The van der Waals surface area contributed by atoms with Crippen LogP contribution in [0.1, 0.15) is 21.1 Å². The normalized spacial score (nSPS) is 10.6. The molecule has 2 aromatic heterocycles. The molecule has 0 aliphatic heterocycles. The lowest BCUT2D eigenvalue weighted by atomic mass is 10.1. The van der Waals surface area contributed by atoms with Crippen LogP contribution in [0, 0.1) is 6.92 Å². The highest BCUT2D eigenvalue weighted by molar-refractivity contribution is 7.12. The van der Waals surface area contributed by atoms with Gasteiger partial charge in [-0.25, -0.2) is 9.78 Å². The summed E-state index contributed by atoms with van der Waals surface area (Å²) in [6.45, 7) is 2.05. The summed E-state index contributed by atoms with van der Waals surface area (Å²) in [7, 11) is 2.84. The van der Waals surface area contributed by atoms with Gasteiger partial charge in [0, 0.05) is 18.7 Å². The van der Waals surface area contributed by atoms with Gasteiger partial charge < -0.3 is 14.5 Å². The number of carbonyl (C=O) groups is 1. The van der Waals surface area contributed by atoms with Crippen molar-refractivity contribution in [2.75, 3.05) is 14.2 Å². The van der Waals surface area contributed by atoms with Crippen LogP contribution >= 0.6 is 11.3 Å². The van der Waals surface area contributed by atoms with Crippen molar-refractivity contribution >= 4 is 17.3 Å². The molecule has 0 bridgehead atoms. The molecule has 2 rings (SSSR count). The summed E-state index contributed by atoms with van der Waals surface area (Å²) in [5, 5.41) is 1.83. The number of nitrogens with one attached hydrogen (secondary N) is 1. The first-order valence-corrected chi connectivity index (χ1v) is 6.70. The Hall–Kier alpha value is -1.99. The van der Waals surface area contributed by atoms with Crippen LogP contribution in [0.3, 0.4) is 0 Å². The molecule has 7 heteroatoms. The third kappa shape index (κ3) is 2.78. The van der Waals surface area contributed by atoms with Gasteiger partial charge in [0.05, 0.1) is 12.8 Å². The lowest BCUT2D eigenvalue weighted by molar-refractivity contribution is 0.0607. The fraction of sp³-hybridized carbons (Fsp3) is 0.308. The molecule has 0 spiro atoms. The number of carbonyl (C=O) groups excluding carboxylic acids is 1. The predicted octanol–water partition coefficient (Wildman–Crippen LogP) is 1.74. The fourth-order valence-electron chi connectivity index (χ4n) is 1.85. The minimum atomic E-state index is -0.437. The Morgan fingerprint density at radius 1 is 1.45 bits per heavy atom. The van der Waals surface area contributed by atoms with Crippen LogP contribution in [0.2, 0.25) is 0 Å². The van der Waals surface area contributed by atoms with E-state index in [-0.39, 0.29) is 12.2 Å². The van der Waals surface area contributed by atoms with E-state index >= 15 is 0 Å². The van der Waals surface area contributed by atoms with E-state index in [0.717, 1.165) is 5.56 Å². The molecule has 0 saturated carbocycles. The molecular formula is C13H14N2O4S. The number of hydrogen-bond acceptors (Lipinski definition) is 6. The van der Waals surface area contributed by atoms with Gasteiger partial charge in [-0.3, -0.25) is 4.79 Å². The molecule has 0 fully saturated rings. The van der Waals surface area contributed by atoms with Crippen molar-refractivity contribution in [3.05, 3.63) is 38.1 Å². The first kappa shape index (κ1) is 14.4. The molecule has 106 valence electrons. The highest BCUT2D eigenvalue weighted by Gasteiger charge is 2.19. The maximum Gasteiger partial charge on any atom is 0.348 e. The number of rotatable bonds is 4. The van der Waals surface area contributed by atoms with Crippen molar-refractivity contribution in [2.24, 2.45) is 0 Å². The van der Waals surface area contributed by atoms with Crippen molar-refractivity contribution in [3.8, 4) is 11.3 Å². The summed E-state index contributed by atoms with van der Waals surface area (Å²) in [6.07, 6.45) is 0. The Morgan fingerprint density at radius 3 is 2.85 bits per heavy atom. The first-order valence-electron chi connectivity index (χ1n) is 5.82. The van der Waals surface area contributed by atoms with Gasteiger partial charge in [0.15, 0.2) is 0 Å². The van der Waals surface area contributed by atoms with Gasteiger partial charge in [0.1, 0.15) is 17.3 Å². The van der Waals surface area contributed by atoms with Crippen molar-refractivity contribution < 1.29 is 14.3 Å². The third-order valence-corrected chi connectivity index (χ3v) is 3.75. The number of aryl methyl sites for hydroxylation is 1. The van der Waals surface area contributed by atoms with Crippen LogP contribution < -0.4 is 5.56 Å². The predicted molar refractivity (Wildman–Crippen MR) is 75.0 cm³/mol. The summed E-state index contributed by atoms with van der Waals surface area (Å²) in [6, 6.07) is 1.36. The van der Waals surface area contributed by atoms with E-state index in [9.17, 15) is 9.59 Å². The van der Waals surface area contributed by atoms with Gasteiger partial charge >= 0.3 is 5.97 Å². The number of nitrogens with zero attached hydrogens (tertiary/aromatic N) is 1. The van der Waals surface area contributed by atoms with E-state index < -0.39 is 5.97 Å². The lowest BCUT2D eigenvalue weighted by Gasteiger charge is -2.06. The van der Waals surface area contributed by atoms with Crippen molar-refractivity contribution in [3.63, 3.8) is 0 Å².